The van der Waals surface area contributed by atoms with Crippen LogP contribution in [0.1, 0.15) is 30.7 Å². The van der Waals surface area contributed by atoms with Gasteiger partial charge in [-0.1, -0.05) is 12.1 Å². The first kappa shape index (κ1) is 12.8. The first-order valence-electron chi connectivity index (χ1n) is 7.64. The van der Waals surface area contributed by atoms with E-state index >= 15 is 0 Å². The monoisotopic (exact) mass is 285 g/mol. The van der Waals surface area contributed by atoms with Gasteiger partial charge in [0.15, 0.2) is 0 Å². The fourth-order valence-corrected chi connectivity index (χ4v) is 3.79. The van der Waals surface area contributed by atoms with Gasteiger partial charge >= 0.3 is 0 Å². The second-order valence-electron chi connectivity index (χ2n) is 6.24. The lowest BCUT2D eigenvalue weighted by atomic mass is 9.90. The highest BCUT2D eigenvalue weighted by atomic mass is 16.2. The van der Waals surface area contributed by atoms with E-state index < -0.39 is 0 Å². The number of rotatable bonds is 2. The number of hydrogen-bond donors (Lipinski definition) is 2. The van der Waals surface area contributed by atoms with E-state index in [-0.39, 0.29) is 17.7 Å². The van der Waals surface area contributed by atoms with Crippen LogP contribution in [0.15, 0.2) is 24.3 Å². The summed E-state index contributed by atoms with van der Waals surface area (Å²) in [6.07, 6.45) is 2.27. The van der Waals surface area contributed by atoms with Gasteiger partial charge in [-0.2, -0.15) is 0 Å². The number of nitrogens with zero attached hydrogens (tertiary/aromatic N) is 1. The predicted octanol–water partition coefficient (Wildman–Crippen LogP) is 0.757. The number of piperidine rings is 1. The molecule has 110 valence electrons. The first-order chi connectivity index (χ1) is 10.2. The lowest BCUT2D eigenvalue weighted by molar-refractivity contribution is -0.134. The zero-order valence-electron chi connectivity index (χ0n) is 11.8. The lowest BCUT2D eigenvalue weighted by Crippen LogP contribution is -2.43. The molecule has 0 aliphatic carbocycles. The molecule has 0 saturated carbocycles. The molecule has 3 heterocycles. The van der Waals surface area contributed by atoms with Gasteiger partial charge in [-0.25, -0.2) is 0 Å². The number of piperazine rings is 1. The smallest absolute Gasteiger partial charge is 0.234 e. The fraction of sp³-hybridized carbons (Fsp3) is 0.500. The van der Waals surface area contributed by atoms with Crippen LogP contribution in [0.2, 0.25) is 0 Å². The number of imide groups is 1. The summed E-state index contributed by atoms with van der Waals surface area (Å²) in [6.45, 7) is 2.14. The minimum Gasteiger partial charge on any atom is -0.366 e. The molecular formula is C16H19N3O2. The van der Waals surface area contributed by atoms with Crippen molar-refractivity contribution in [3.63, 3.8) is 0 Å². The molecule has 3 aliphatic rings. The summed E-state index contributed by atoms with van der Waals surface area (Å²) in [4.78, 5) is 25.6. The molecule has 3 fully saturated rings. The van der Waals surface area contributed by atoms with Crippen molar-refractivity contribution in [2.75, 3.05) is 18.0 Å². The SMILES string of the molecule is O=C1CCC(c2ccc(N3CC4CC3CN4)cc2)C(=O)N1. The standard InChI is InChI=1S/C16H19N3O2/c20-15-6-5-14(16(21)18-15)10-1-3-12(4-2-10)19-9-11-7-13(19)8-17-11/h1-4,11,13-14,17H,5-9H2,(H,18,20,21). The molecule has 5 heteroatoms. The molecule has 3 saturated heterocycles. The van der Waals surface area contributed by atoms with Crippen LogP contribution in [0.25, 0.3) is 0 Å². The van der Waals surface area contributed by atoms with Crippen molar-refractivity contribution < 1.29 is 9.59 Å². The molecule has 1 aromatic rings. The fourth-order valence-electron chi connectivity index (χ4n) is 3.79. The number of nitrogens with one attached hydrogen (secondary N) is 2. The molecule has 21 heavy (non-hydrogen) atoms. The summed E-state index contributed by atoms with van der Waals surface area (Å²) in [6, 6.07) is 9.53. The van der Waals surface area contributed by atoms with Gasteiger partial charge in [0, 0.05) is 37.3 Å². The van der Waals surface area contributed by atoms with Gasteiger partial charge in [0.2, 0.25) is 11.8 Å². The number of anilines is 1. The summed E-state index contributed by atoms with van der Waals surface area (Å²) in [5, 5.41) is 5.93. The number of amides is 2. The largest absolute Gasteiger partial charge is 0.366 e. The maximum absolute atomic E-state index is 11.9. The normalized spacial score (nSPS) is 31.6. The molecule has 5 nitrogen and oxygen atoms in total. The summed E-state index contributed by atoms with van der Waals surface area (Å²) in [5.74, 6) is -0.509. The number of hydrogen-bond acceptors (Lipinski definition) is 4. The Morgan fingerprint density at radius 3 is 2.57 bits per heavy atom. The minimum atomic E-state index is -0.187. The van der Waals surface area contributed by atoms with Crippen LogP contribution in [-0.2, 0) is 9.59 Å². The van der Waals surface area contributed by atoms with Crippen molar-refractivity contribution in [3.05, 3.63) is 29.8 Å². The Hall–Kier alpha value is -1.88. The molecule has 0 radical (unpaired) electrons. The minimum absolute atomic E-state index is 0.159. The van der Waals surface area contributed by atoms with Crippen molar-refractivity contribution in [2.45, 2.75) is 37.3 Å². The van der Waals surface area contributed by atoms with Gasteiger partial charge in [0.25, 0.3) is 0 Å². The number of carbonyl (C=O) groups excluding carboxylic acids is 2. The van der Waals surface area contributed by atoms with E-state index in [9.17, 15) is 9.59 Å². The predicted molar refractivity (Wildman–Crippen MR) is 79.1 cm³/mol. The molecule has 0 aromatic heterocycles. The summed E-state index contributed by atoms with van der Waals surface area (Å²) in [5.41, 5.74) is 2.24. The topological polar surface area (TPSA) is 61.4 Å². The number of carbonyl (C=O) groups is 2. The average molecular weight is 285 g/mol. The molecule has 2 bridgehead atoms. The maximum Gasteiger partial charge on any atom is 0.234 e. The molecule has 1 aromatic carbocycles. The van der Waals surface area contributed by atoms with E-state index in [0.29, 0.717) is 24.9 Å². The Morgan fingerprint density at radius 2 is 1.95 bits per heavy atom. The molecule has 3 atom stereocenters. The van der Waals surface area contributed by atoms with E-state index in [2.05, 4.69) is 27.7 Å². The van der Waals surface area contributed by atoms with Crippen molar-refractivity contribution in [2.24, 2.45) is 0 Å². The Bertz CT molecular complexity index is 584. The van der Waals surface area contributed by atoms with Gasteiger partial charge in [-0.3, -0.25) is 14.9 Å². The van der Waals surface area contributed by atoms with Crippen molar-refractivity contribution >= 4 is 17.5 Å². The highest BCUT2D eigenvalue weighted by Gasteiger charge is 2.37. The van der Waals surface area contributed by atoms with E-state index in [0.717, 1.165) is 18.7 Å². The van der Waals surface area contributed by atoms with Gasteiger partial charge in [0.1, 0.15) is 0 Å². The van der Waals surface area contributed by atoms with E-state index in [1.165, 1.54) is 12.1 Å². The Morgan fingerprint density at radius 1 is 1.14 bits per heavy atom. The first-order valence-corrected chi connectivity index (χ1v) is 7.64. The van der Waals surface area contributed by atoms with Gasteiger partial charge < -0.3 is 10.2 Å². The Labute approximate surface area is 123 Å². The molecule has 2 N–H and O–H groups in total. The molecular weight excluding hydrogens is 266 g/mol. The maximum atomic E-state index is 11.9. The quantitative estimate of drug-likeness (QED) is 0.788. The highest BCUT2D eigenvalue weighted by Crippen LogP contribution is 2.31. The van der Waals surface area contributed by atoms with Crippen LogP contribution in [0.4, 0.5) is 5.69 Å². The van der Waals surface area contributed by atoms with Crippen molar-refractivity contribution in [1.82, 2.24) is 10.6 Å². The van der Waals surface area contributed by atoms with Crippen LogP contribution < -0.4 is 15.5 Å². The van der Waals surface area contributed by atoms with E-state index in [4.69, 9.17) is 0 Å². The average Bonchev–Trinajstić information content (AvgIpc) is 3.10. The molecule has 3 unspecified atom stereocenters. The van der Waals surface area contributed by atoms with E-state index in [1.54, 1.807) is 0 Å². The zero-order valence-corrected chi connectivity index (χ0v) is 11.8. The van der Waals surface area contributed by atoms with Crippen molar-refractivity contribution in [1.29, 1.82) is 0 Å². The van der Waals surface area contributed by atoms with E-state index in [1.807, 2.05) is 12.1 Å². The van der Waals surface area contributed by atoms with Crippen LogP contribution in [0, 0.1) is 0 Å². The third-order valence-corrected chi connectivity index (χ3v) is 4.92. The molecule has 3 aliphatic heterocycles. The third-order valence-electron chi connectivity index (χ3n) is 4.92. The molecule has 4 rings (SSSR count). The van der Waals surface area contributed by atoms with Gasteiger partial charge in [-0.15, -0.1) is 0 Å². The second-order valence-corrected chi connectivity index (χ2v) is 6.24. The zero-order chi connectivity index (χ0) is 14.4. The highest BCUT2D eigenvalue weighted by molar-refractivity contribution is 6.00. The van der Waals surface area contributed by atoms with Gasteiger partial charge in [0.05, 0.1) is 5.92 Å². The van der Waals surface area contributed by atoms with Crippen LogP contribution in [0.5, 0.6) is 0 Å². The summed E-state index contributed by atoms with van der Waals surface area (Å²) < 4.78 is 0. The molecule has 0 spiro atoms. The van der Waals surface area contributed by atoms with Crippen molar-refractivity contribution in [3.8, 4) is 0 Å². The summed E-state index contributed by atoms with van der Waals surface area (Å²) in [7, 11) is 0. The third kappa shape index (κ3) is 2.21. The number of fused-ring (bicyclic) bond motifs is 2. The van der Waals surface area contributed by atoms with Crippen LogP contribution >= 0.6 is 0 Å². The molecule has 2 amide bonds. The van der Waals surface area contributed by atoms with Gasteiger partial charge in [-0.05, 0) is 30.5 Å². The van der Waals surface area contributed by atoms with Crippen LogP contribution in [-0.4, -0.2) is 37.0 Å². The van der Waals surface area contributed by atoms with Crippen LogP contribution in [0.3, 0.4) is 0 Å². The summed E-state index contributed by atoms with van der Waals surface area (Å²) >= 11 is 0. The Kier molecular flexibility index (Phi) is 2.96. The number of benzene rings is 1. The second kappa shape index (κ2) is 4.84. The lowest BCUT2D eigenvalue weighted by Gasteiger charge is -2.30. The Balaban J connectivity index is 1.51.